The van der Waals surface area contributed by atoms with Gasteiger partial charge in [0.25, 0.3) is 5.56 Å². The highest BCUT2D eigenvalue weighted by Crippen LogP contribution is 2.28. The first-order valence-electron chi connectivity index (χ1n) is 6.69. The molecular formula is C15H16BrClN2O2. The second kappa shape index (κ2) is 6.62. The summed E-state index contributed by atoms with van der Waals surface area (Å²) in [5.41, 5.74) is 0.146. The molecule has 2 aromatic rings. The summed E-state index contributed by atoms with van der Waals surface area (Å²) in [6.45, 7) is 4.47. The van der Waals surface area contributed by atoms with E-state index in [2.05, 4.69) is 20.9 Å². The van der Waals surface area contributed by atoms with Gasteiger partial charge in [-0.3, -0.25) is 14.3 Å². The number of hydrogen-bond acceptors (Lipinski definition) is 2. The average Bonchev–Trinajstić information content (AvgIpc) is 2.40. The molecule has 0 amide bonds. The van der Waals surface area contributed by atoms with E-state index in [0.29, 0.717) is 23.6 Å². The van der Waals surface area contributed by atoms with Crippen LogP contribution in [0.1, 0.15) is 20.3 Å². The summed E-state index contributed by atoms with van der Waals surface area (Å²) in [6, 6.07) is 7.29. The number of halogens is 2. The number of nitrogens with one attached hydrogen (secondary N) is 1. The predicted molar refractivity (Wildman–Crippen MR) is 88.9 cm³/mol. The van der Waals surface area contributed by atoms with Crippen LogP contribution in [0.15, 0.2) is 38.3 Å². The van der Waals surface area contributed by atoms with Crippen molar-refractivity contribution in [3.63, 3.8) is 0 Å². The van der Waals surface area contributed by atoms with Crippen molar-refractivity contribution in [1.29, 1.82) is 0 Å². The molecule has 0 aliphatic carbocycles. The highest BCUT2D eigenvalue weighted by Gasteiger charge is 2.16. The molecule has 112 valence electrons. The molecule has 1 N–H and O–H groups in total. The number of hydrogen-bond donors (Lipinski definition) is 1. The van der Waals surface area contributed by atoms with Gasteiger partial charge in [-0.15, -0.1) is 0 Å². The van der Waals surface area contributed by atoms with Gasteiger partial charge in [-0.1, -0.05) is 59.6 Å². The van der Waals surface area contributed by atoms with E-state index in [1.54, 1.807) is 6.07 Å². The summed E-state index contributed by atoms with van der Waals surface area (Å²) in [4.78, 5) is 27.1. The topological polar surface area (TPSA) is 54.9 Å². The van der Waals surface area contributed by atoms with Gasteiger partial charge < -0.3 is 0 Å². The van der Waals surface area contributed by atoms with Crippen LogP contribution in [0.2, 0.25) is 5.15 Å². The maximum absolute atomic E-state index is 12.6. The predicted octanol–water partition coefficient (Wildman–Crippen LogP) is 3.67. The third kappa shape index (κ3) is 3.47. The van der Waals surface area contributed by atoms with Crippen molar-refractivity contribution in [2.24, 2.45) is 5.92 Å². The van der Waals surface area contributed by atoms with Gasteiger partial charge in [-0.25, -0.2) is 4.79 Å². The number of H-pyrrole nitrogens is 1. The van der Waals surface area contributed by atoms with Crippen LogP contribution < -0.4 is 11.2 Å². The first-order valence-corrected chi connectivity index (χ1v) is 7.86. The molecular weight excluding hydrogens is 356 g/mol. The minimum atomic E-state index is -0.471. The molecule has 0 unspecified atom stereocenters. The lowest BCUT2D eigenvalue weighted by atomic mass is 10.1. The van der Waals surface area contributed by atoms with Crippen molar-refractivity contribution in [2.75, 3.05) is 0 Å². The van der Waals surface area contributed by atoms with Gasteiger partial charge in [-0.05, 0) is 18.4 Å². The highest BCUT2D eigenvalue weighted by atomic mass is 79.9. The van der Waals surface area contributed by atoms with Crippen LogP contribution in [-0.2, 0) is 6.54 Å². The summed E-state index contributed by atoms with van der Waals surface area (Å²) in [5, 5.41) is 0.0673. The number of benzene rings is 1. The largest absolute Gasteiger partial charge is 0.329 e. The van der Waals surface area contributed by atoms with E-state index < -0.39 is 5.69 Å². The molecule has 0 aliphatic rings. The third-order valence-electron chi connectivity index (χ3n) is 3.21. The number of aromatic nitrogens is 2. The molecule has 0 bridgehead atoms. The molecule has 2 rings (SSSR count). The molecule has 21 heavy (non-hydrogen) atoms. The molecule has 1 aromatic carbocycles. The van der Waals surface area contributed by atoms with Gasteiger partial charge in [0.05, 0.1) is 5.56 Å². The van der Waals surface area contributed by atoms with Crippen LogP contribution in [-0.4, -0.2) is 9.55 Å². The monoisotopic (exact) mass is 370 g/mol. The van der Waals surface area contributed by atoms with Crippen LogP contribution in [0.5, 0.6) is 0 Å². The van der Waals surface area contributed by atoms with E-state index in [1.165, 1.54) is 4.57 Å². The Morgan fingerprint density at radius 3 is 2.57 bits per heavy atom. The van der Waals surface area contributed by atoms with Crippen molar-refractivity contribution in [1.82, 2.24) is 9.55 Å². The van der Waals surface area contributed by atoms with Crippen LogP contribution in [0.3, 0.4) is 0 Å². The van der Waals surface area contributed by atoms with Gasteiger partial charge in [-0.2, -0.15) is 0 Å². The fraction of sp³-hybridized carbons (Fsp3) is 0.333. The van der Waals surface area contributed by atoms with Gasteiger partial charge in [0.15, 0.2) is 0 Å². The van der Waals surface area contributed by atoms with E-state index in [1.807, 2.05) is 32.0 Å². The molecule has 1 heterocycles. The lowest BCUT2D eigenvalue weighted by Gasteiger charge is -2.11. The molecule has 6 heteroatoms. The zero-order valence-corrected chi connectivity index (χ0v) is 14.2. The minimum absolute atomic E-state index is 0.0673. The summed E-state index contributed by atoms with van der Waals surface area (Å²) in [6.07, 6.45) is 0.750. The highest BCUT2D eigenvalue weighted by molar-refractivity contribution is 9.10. The first kappa shape index (κ1) is 16.0. The number of rotatable bonds is 4. The van der Waals surface area contributed by atoms with Crippen molar-refractivity contribution >= 4 is 27.5 Å². The Morgan fingerprint density at radius 1 is 1.29 bits per heavy atom. The first-order chi connectivity index (χ1) is 9.91. The second-order valence-corrected chi connectivity index (χ2v) is 6.47. The molecule has 0 saturated carbocycles. The number of nitrogens with zero attached hydrogens (tertiary/aromatic N) is 1. The second-order valence-electron chi connectivity index (χ2n) is 5.24. The fourth-order valence-corrected chi connectivity index (χ4v) is 2.78. The van der Waals surface area contributed by atoms with Gasteiger partial charge in [0.2, 0.25) is 0 Å². The molecule has 0 fully saturated rings. The summed E-state index contributed by atoms with van der Waals surface area (Å²) < 4.78 is 1.96. The normalized spacial score (nSPS) is 11.1. The SMILES string of the molecule is CC(C)CCn1c(=O)[nH]c(Cl)c(-c2ccccc2Br)c1=O. The van der Waals surface area contributed by atoms with Crippen molar-refractivity contribution < 1.29 is 0 Å². The zero-order valence-electron chi connectivity index (χ0n) is 11.8. The van der Waals surface area contributed by atoms with Crippen molar-refractivity contribution in [3.8, 4) is 11.1 Å². The van der Waals surface area contributed by atoms with Crippen molar-refractivity contribution in [3.05, 3.63) is 54.7 Å². The van der Waals surface area contributed by atoms with Crippen LogP contribution in [0, 0.1) is 5.92 Å². The Hall–Kier alpha value is -1.33. The lowest BCUT2D eigenvalue weighted by molar-refractivity contribution is 0.495. The van der Waals surface area contributed by atoms with Crippen LogP contribution >= 0.6 is 27.5 Å². The number of aromatic amines is 1. The maximum Gasteiger partial charge on any atom is 0.329 e. The van der Waals surface area contributed by atoms with Crippen LogP contribution in [0.25, 0.3) is 11.1 Å². The molecule has 0 aliphatic heterocycles. The minimum Gasteiger partial charge on any atom is -0.297 e. The maximum atomic E-state index is 12.6. The third-order valence-corrected chi connectivity index (χ3v) is 4.19. The van der Waals surface area contributed by atoms with E-state index >= 15 is 0 Å². The Balaban J connectivity index is 2.63. The standard InChI is InChI=1S/C15H16BrClN2O2/c1-9(2)7-8-19-14(20)12(13(17)18-15(19)21)10-5-3-4-6-11(10)16/h3-6,9H,7-8H2,1-2H3,(H,18,21). The van der Waals surface area contributed by atoms with E-state index in [-0.39, 0.29) is 10.7 Å². The van der Waals surface area contributed by atoms with Gasteiger partial charge >= 0.3 is 5.69 Å². The zero-order chi connectivity index (χ0) is 15.6. The van der Waals surface area contributed by atoms with E-state index in [4.69, 9.17) is 11.6 Å². The molecule has 1 aromatic heterocycles. The molecule has 0 spiro atoms. The summed E-state index contributed by atoms with van der Waals surface area (Å²) >= 11 is 9.49. The molecule has 0 atom stereocenters. The molecule has 4 nitrogen and oxygen atoms in total. The molecule has 0 radical (unpaired) electrons. The van der Waals surface area contributed by atoms with Crippen LogP contribution in [0.4, 0.5) is 0 Å². The lowest BCUT2D eigenvalue weighted by Crippen LogP contribution is -2.36. The van der Waals surface area contributed by atoms with E-state index in [9.17, 15) is 9.59 Å². The average molecular weight is 372 g/mol. The van der Waals surface area contributed by atoms with E-state index in [0.717, 1.165) is 10.9 Å². The quantitative estimate of drug-likeness (QED) is 0.834. The van der Waals surface area contributed by atoms with Gasteiger partial charge in [0, 0.05) is 16.6 Å². The summed E-state index contributed by atoms with van der Waals surface area (Å²) in [5.74, 6) is 0.402. The smallest absolute Gasteiger partial charge is 0.297 e. The Morgan fingerprint density at radius 2 is 1.95 bits per heavy atom. The van der Waals surface area contributed by atoms with Crippen molar-refractivity contribution in [2.45, 2.75) is 26.8 Å². The summed E-state index contributed by atoms with van der Waals surface area (Å²) in [7, 11) is 0. The Labute approximate surface area is 135 Å². The fourth-order valence-electron chi connectivity index (χ4n) is 2.03. The molecule has 0 saturated heterocycles. The van der Waals surface area contributed by atoms with Gasteiger partial charge in [0.1, 0.15) is 5.15 Å². The Bertz CT molecular complexity index is 765. The Kier molecular flexibility index (Phi) is 5.06.